The van der Waals surface area contributed by atoms with Crippen molar-refractivity contribution in [2.45, 2.75) is 70.7 Å². The van der Waals surface area contributed by atoms with Crippen molar-refractivity contribution in [2.24, 2.45) is 4.99 Å². The first kappa shape index (κ1) is 38.8. The van der Waals surface area contributed by atoms with Crippen LogP contribution >= 0.6 is 0 Å². The molecule has 288 valence electrons. The Balaban J connectivity index is 1.28. The van der Waals surface area contributed by atoms with Gasteiger partial charge in [0, 0.05) is 56.5 Å². The monoisotopic (exact) mass is 777 g/mol. The highest BCUT2D eigenvalue weighted by Gasteiger charge is 2.49. The molecule has 1 fully saturated rings. The number of amides is 1. The number of aromatic nitrogens is 3. The predicted molar refractivity (Wildman–Crippen MR) is 214 cm³/mol. The number of benzene rings is 3. The summed E-state index contributed by atoms with van der Waals surface area (Å²) >= 11 is 0. The van der Waals surface area contributed by atoms with Crippen molar-refractivity contribution in [3.63, 3.8) is 0 Å². The number of alkyl halides is 2. The second-order valence-corrected chi connectivity index (χ2v) is 21.1. The summed E-state index contributed by atoms with van der Waals surface area (Å²) in [6.45, 7) is 9.12. The van der Waals surface area contributed by atoms with E-state index in [2.05, 4.69) is 24.6 Å². The summed E-state index contributed by atoms with van der Waals surface area (Å²) in [5.74, 6) is -4.39. The van der Waals surface area contributed by atoms with Gasteiger partial charge in [-0.3, -0.25) is 9.78 Å². The summed E-state index contributed by atoms with van der Waals surface area (Å²) in [6.07, 6.45) is 0.330. The standard InChI is InChI=1S/C44H43F4N5O2Si/c1-29-22-38-37(50-42(29)51-41(30-12-7-5-8-13-30)31-14-9-6-10-15-31)23-39(53(38)28-55-20-21-56(2,3)4)43(54)52(34-24-44(47,48)25-34)27-33-19-18-32(26-49-33)40-35(45)16-11-17-36(40)46/h5-19,22-23,26,34H,20-21,24-25,27-28H2,1-4H3. The molecule has 0 N–H and O–H groups in total. The lowest BCUT2D eigenvalue weighted by Crippen LogP contribution is -2.53. The molecule has 3 aromatic carbocycles. The summed E-state index contributed by atoms with van der Waals surface area (Å²) in [6, 6.07) is 30.1. The number of halogens is 4. The van der Waals surface area contributed by atoms with Crippen LogP contribution in [0.15, 0.2) is 114 Å². The lowest BCUT2D eigenvalue weighted by Gasteiger charge is -2.42. The molecule has 12 heteroatoms. The van der Waals surface area contributed by atoms with Gasteiger partial charge in [0.25, 0.3) is 11.8 Å². The Bertz CT molecular complexity index is 2310. The maximum absolute atomic E-state index is 14.7. The minimum absolute atomic E-state index is 0.0495. The zero-order chi connectivity index (χ0) is 39.6. The van der Waals surface area contributed by atoms with Gasteiger partial charge in [-0.1, -0.05) is 92.4 Å². The van der Waals surface area contributed by atoms with Crippen LogP contribution in [0.1, 0.15) is 45.7 Å². The topological polar surface area (TPSA) is 72.6 Å². The molecule has 56 heavy (non-hydrogen) atoms. The summed E-state index contributed by atoms with van der Waals surface area (Å²) in [7, 11) is -1.43. The Morgan fingerprint density at radius 3 is 2.12 bits per heavy atom. The van der Waals surface area contributed by atoms with Crippen LogP contribution in [0.4, 0.5) is 23.4 Å². The number of aliphatic imine (C=N–C) groups is 1. The van der Waals surface area contributed by atoms with E-state index in [1.807, 2.05) is 73.7 Å². The van der Waals surface area contributed by atoms with E-state index in [1.165, 1.54) is 23.2 Å². The largest absolute Gasteiger partial charge is 0.361 e. The smallest absolute Gasteiger partial charge is 0.271 e. The molecule has 7 nitrogen and oxygen atoms in total. The molecule has 1 aliphatic rings. The Hall–Kier alpha value is -5.46. The van der Waals surface area contributed by atoms with E-state index >= 15 is 0 Å². The van der Waals surface area contributed by atoms with Crippen LogP contribution in [0.5, 0.6) is 0 Å². The molecule has 3 heterocycles. The lowest BCUT2D eigenvalue weighted by atomic mass is 9.86. The van der Waals surface area contributed by atoms with Gasteiger partial charge >= 0.3 is 0 Å². The van der Waals surface area contributed by atoms with E-state index in [0.717, 1.165) is 40.6 Å². The van der Waals surface area contributed by atoms with Gasteiger partial charge in [0.05, 0.1) is 34.5 Å². The molecule has 0 aliphatic heterocycles. The number of pyridine rings is 2. The van der Waals surface area contributed by atoms with E-state index in [4.69, 9.17) is 14.7 Å². The Morgan fingerprint density at radius 2 is 1.55 bits per heavy atom. The number of fused-ring (bicyclic) bond motifs is 1. The predicted octanol–water partition coefficient (Wildman–Crippen LogP) is 10.6. The van der Waals surface area contributed by atoms with Crippen molar-refractivity contribution in [1.82, 2.24) is 19.4 Å². The molecule has 1 amide bonds. The van der Waals surface area contributed by atoms with Gasteiger partial charge in [0.2, 0.25) is 0 Å². The van der Waals surface area contributed by atoms with E-state index in [1.54, 1.807) is 16.7 Å². The highest BCUT2D eigenvalue weighted by atomic mass is 28.3. The molecule has 0 saturated heterocycles. The van der Waals surface area contributed by atoms with Gasteiger partial charge in [-0.05, 0) is 48.9 Å². The summed E-state index contributed by atoms with van der Waals surface area (Å²) in [4.78, 5) is 30.6. The van der Waals surface area contributed by atoms with Crippen molar-refractivity contribution >= 4 is 36.5 Å². The fourth-order valence-corrected chi connectivity index (χ4v) is 7.55. The molecule has 0 atom stereocenters. The fraction of sp³-hybridized carbons (Fsp3) is 0.273. The molecule has 0 radical (unpaired) electrons. The number of ether oxygens (including phenoxy) is 1. The van der Waals surface area contributed by atoms with E-state index < -0.39 is 50.4 Å². The van der Waals surface area contributed by atoms with Crippen molar-refractivity contribution in [1.29, 1.82) is 0 Å². The lowest BCUT2D eigenvalue weighted by molar-refractivity contribution is -0.118. The van der Waals surface area contributed by atoms with Crippen molar-refractivity contribution in [3.8, 4) is 11.1 Å². The van der Waals surface area contributed by atoms with Crippen molar-refractivity contribution in [2.75, 3.05) is 6.61 Å². The number of hydrogen-bond donors (Lipinski definition) is 0. The molecule has 0 unspecified atom stereocenters. The third-order valence-electron chi connectivity index (χ3n) is 9.98. The summed E-state index contributed by atoms with van der Waals surface area (Å²) < 4.78 is 65.8. The third kappa shape index (κ3) is 8.66. The third-order valence-corrected chi connectivity index (χ3v) is 11.7. The molecule has 0 spiro atoms. The molecule has 7 rings (SSSR count). The van der Waals surface area contributed by atoms with Crippen LogP contribution in [-0.2, 0) is 18.0 Å². The molecule has 3 aromatic heterocycles. The van der Waals surface area contributed by atoms with Crippen molar-refractivity contribution < 1.29 is 27.1 Å². The first-order valence-electron chi connectivity index (χ1n) is 18.6. The van der Waals surface area contributed by atoms with Crippen LogP contribution in [0.2, 0.25) is 25.7 Å². The molecular weight excluding hydrogens is 735 g/mol. The number of carbonyl (C=O) groups is 1. The van der Waals surface area contributed by atoms with Gasteiger partial charge in [0.15, 0.2) is 5.82 Å². The molecule has 1 aliphatic carbocycles. The summed E-state index contributed by atoms with van der Waals surface area (Å²) in [5.41, 5.74) is 5.09. The normalized spacial score (nSPS) is 14.1. The minimum Gasteiger partial charge on any atom is -0.361 e. The van der Waals surface area contributed by atoms with Crippen LogP contribution in [0.3, 0.4) is 0 Å². The SMILES string of the molecule is Cc1cc2c(cc(C(=O)N(Cc3ccc(-c4c(F)cccc4F)cn3)C3CC(F)(F)C3)n2COCC[Si](C)(C)C)nc1N=C(c1ccccc1)c1ccccc1. The highest BCUT2D eigenvalue weighted by molar-refractivity contribution is 6.76. The number of nitrogens with zero attached hydrogens (tertiary/aromatic N) is 5. The second-order valence-electron chi connectivity index (χ2n) is 15.5. The second kappa shape index (κ2) is 16.0. The van der Waals surface area contributed by atoms with Crippen molar-refractivity contribution in [3.05, 3.63) is 149 Å². The summed E-state index contributed by atoms with van der Waals surface area (Å²) in [5, 5.41) is 0. The fourth-order valence-electron chi connectivity index (χ4n) is 6.80. The van der Waals surface area contributed by atoms with Crippen LogP contribution in [0, 0.1) is 18.6 Å². The number of hydrogen-bond acceptors (Lipinski definition) is 5. The first-order chi connectivity index (χ1) is 26.8. The first-order valence-corrected chi connectivity index (χ1v) is 22.3. The van der Waals surface area contributed by atoms with E-state index in [0.29, 0.717) is 29.2 Å². The van der Waals surface area contributed by atoms with Gasteiger partial charge in [-0.2, -0.15) is 0 Å². The Kier molecular flexibility index (Phi) is 11.1. The average molecular weight is 778 g/mol. The molecule has 0 bridgehead atoms. The molecule has 1 saturated carbocycles. The van der Waals surface area contributed by atoms with Crippen LogP contribution in [-0.4, -0.2) is 57.7 Å². The van der Waals surface area contributed by atoms with Crippen LogP contribution < -0.4 is 0 Å². The minimum atomic E-state index is -2.91. The Labute approximate surface area is 324 Å². The zero-order valence-electron chi connectivity index (χ0n) is 31.8. The zero-order valence-corrected chi connectivity index (χ0v) is 32.8. The van der Waals surface area contributed by atoms with Gasteiger partial charge in [0.1, 0.15) is 24.1 Å². The number of carbonyl (C=O) groups excluding carboxylic acids is 1. The molecular formula is C44H43F4N5O2Si. The maximum Gasteiger partial charge on any atom is 0.271 e. The number of rotatable bonds is 13. The Morgan fingerprint density at radius 1 is 0.911 bits per heavy atom. The van der Waals surface area contributed by atoms with Crippen LogP contribution in [0.25, 0.3) is 22.2 Å². The quantitative estimate of drug-likeness (QED) is 0.0507. The molecule has 6 aromatic rings. The van der Waals surface area contributed by atoms with Gasteiger partial charge < -0.3 is 14.2 Å². The van der Waals surface area contributed by atoms with E-state index in [9.17, 15) is 22.4 Å². The van der Waals surface area contributed by atoms with Gasteiger partial charge in [-0.15, -0.1) is 0 Å². The highest BCUT2D eigenvalue weighted by Crippen LogP contribution is 2.42. The van der Waals surface area contributed by atoms with E-state index in [-0.39, 0.29) is 30.1 Å². The van der Waals surface area contributed by atoms with Gasteiger partial charge in [-0.25, -0.2) is 27.5 Å². The maximum atomic E-state index is 14.7. The number of aryl methyl sites for hydroxylation is 1. The average Bonchev–Trinajstić information content (AvgIpc) is 3.50.